The zero-order valence-corrected chi connectivity index (χ0v) is 16.8. The summed E-state index contributed by atoms with van der Waals surface area (Å²) in [5.41, 5.74) is 1.03. The molecule has 2 aliphatic heterocycles. The van der Waals surface area contributed by atoms with Crippen molar-refractivity contribution in [1.82, 2.24) is 14.1 Å². The Morgan fingerprint density at radius 2 is 1.82 bits per heavy atom. The molecule has 0 spiro atoms. The number of carbonyl (C=O) groups excluding carboxylic acids is 3. The van der Waals surface area contributed by atoms with Crippen molar-refractivity contribution in [2.24, 2.45) is 0 Å². The number of nitrogens with one attached hydrogen (secondary N) is 1. The first-order valence-corrected chi connectivity index (χ1v) is 10.6. The maximum atomic E-state index is 12.8. The number of carbonyl (C=O) groups is 3. The number of hydrogen-bond donors (Lipinski definition) is 1. The largest absolute Gasteiger partial charge is 0.327 e. The fraction of sp³-hybridized carbons (Fsp3) is 0.500. The topological polar surface area (TPSA) is 107 Å². The summed E-state index contributed by atoms with van der Waals surface area (Å²) in [5, 5.41) is 2.62. The van der Waals surface area contributed by atoms with E-state index in [9.17, 15) is 22.8 Å². The highest BCUT2D eigenvalue weighted by molar-refractivity contribution is 7.89. The van der Waals surface area contributed by atoms with Gasteiger partial charge in [0.15, 0.2) is 0 Å². The first-order valence-electron chi connectivity index (χ1n) is 9.16. The van der Waals surface area contributed by atoms with E-state index in [1.165, 1.54) is 28.4 Å². The maximum Gasteiger partial charge on any atom is 0.327 e. The molecular weight excluding hydrogens is 384 g/mol. The number of benzene rings is 1. The van der Waals surface area contributed by atoms with Crippen LogP contribution < -0.4 is 5.32 Å². The van der Waals surface area contributed by atoms with Gasteiger partial charge in [0.25, 0.3) is 5.91 Å². The minimum atomic E-state index is -3.63. The second-order valence-corrected chi connectivity index (χ2v) is 9.05. The zero-order chi connectivity index (χ0) is 20.5. The van der Waals surface area contributed by atoms with Crippen molar-refractivity contribution in [2.75, 3.05) is 38.5 Å². The molecule has 10 heteroatoms. The highest BCUT2D eigenvalue weighted by Crippen LogP contribution is 2.25. The molecule has 9 nitrogen and oxygen atoms in total. The predicted molar refractivity (Wildman–Crippen MR) is 102 cm³/mol. The van der Waals surface area contributed by atoms with Crippen molar-refractivity contribution in [3.8, 4) is 0 Å². The lowest BCUT2D eigenvalue weighted by atomic mass is 10.2. The molecule has 0 unspecified atom stereocenters. The number of piperidine rings is 1. The number of anilines is 1. The van der Waals surface area contributed by atoms with Crippen molar-refractivity contribution < 1.29 is 22.8 Å². The Hall–Kier alpha value is -2.46. The van der Waals surface area contributed by atoms with Crippen LogP contribution in [0, 0.1) is 6.92 Å². The normalized spacial score (nSPS) is 18.6. The van der Waals surface area contributed by atoms with Crippen LogP contribution in [0.2, 0.25) is 0 Å². The molecule has 2 heterocycles. The van der Waals surface area contributed by atoms with E-state index < -0.39 is 34.4 Å². The van der Waals surface area contributed by atoms with Crippen LogP contribution in [0.5, 0.6) is 0 Å². The van der Waals surface area contributed by atoms with Crippen LogP contribution >= 0.6 is 0 Å². The zero-order valence-electron chi connectivity index (χ0n) is 16.0. The molecular formula is C18H24N4O5S. The number of amides is 4. The third-order valence-corrected chi connectivity index (χ3v) is 6.86. The molecule has 4 amide bonds. The summed E-state index contributed by atoms with van der Waals surface area (Å²) in [6.07, 6.45) is 2.69. The van der Waals surface area contributed by atoms with Crippen LogP contribution in [0.3, 0.4) is 0 Å². The number of nitrogens with zero attached hydrogens (tertiary/aromatic N) is 3. The molecule has 3 rings (SSSR count). The van der Waals surface area contributed by atoms with Gasteiger partial charge in [-0.3, -0.25) is 14.5 Å². The molecule has 0 bridgehead atoms. The summed E-state index contributed by atoms with van der Waals surface area (Å²) < 4.78 is 27.2. The molecule has 1 aromatic carbocycles. The first-order chi connectivity index (χ1) is 13.2. The van der Waals surface area contributed by atoms with Crippen LogP contribution in [0.1, 0.15) is 24.8 Å². The van der Waals surface area contributed by atoms with Gasteiger partial charge in [0.2, 0.25) is 15.9 Å². The van der Waals surface area contributed by atoms with Crippen LogP contribution in [-0.2, 0) is 19.6 Å². The number of likely N-dealkylation sites (N-methyl/N-ethyl adjacent to an activating group) is 1. The van der Waals surface area contributed by atoms with E-state index in [4.69, 9.17) is 0 Å². The second kappa shape index (κ2) is 7.88. The first kappa shape index (κ1) is 20.3. The summed E-state index contributed by atoms with van der Waals surface area (Å²) in [7, 11) is -2.14. The highest BCUT2D eigenvalue weighted by atomic mass is 32.2. The van der Waals surface area contributed by atoms with Gasteiger partial charge in [-0.05, 0) is 37.5 Å². The summed E-state index contributed by atoms with van der Waals surface area (Å²) in [6.45, 7) is 2.25. The molecule has 0 saturated carbocycles. The third kappa shape index (κ3) is 4.02. The van der Waals surface area contributed by atoms with Gasteiger partial charge in [0.05, 0.1) is 4.90 Å². The van der Waals surface area contributed by atoms with Gasteiger partial charge in [-0.2, -0.15) is 4.31 Å². The average Bonchev–Trinajstić information content (AvgIpc) is 2.90. The quantitative estimate of drug-likeness (QED) is 0.732. The number of sulfonamides is 1. The number of aryl methyl sites for hydroxylation is 1. The molecule has 2 saturated heterocycles. The van der Waals surface area contributed by atoms with Crippen LogP contribution in [0.4, 0.5) is 10.5 Å². The van der Waals surface area contributed by atoms with Gasteiger partial charge >= 0.3 is 6.03 Å². The fourth-order valence-corrected chi connectivity index (χ4v) is 4.85. The van der Waals surface area contributed by atoms with Crippen molar-refractivity contribution >= 4 is 33.6 Å². The monoisotopic (exact) mass is 408 g/mol. The number of imide groups is 1. The molecule has 0 aromatic heterocycles. The molecule has 0 aliphatic carbocycles. The Kier molecular flexibility index (Phi) is 5.71. The van der Waals surface area contributed by atoms with E-state index in [2.05, 4.69) is 5.32 Å². The highest BCUT2D eigenvalue weighted by Gasteiger charge is 2.35. The van der Waals surface area contributed by atoms with Gasteiger partial charge in [-0.25, -0.2) is 13.2 Å². The molecule has 28 heavy (non-hydrogen) atoms. The van der Waals surface area contributed by atoms with Crippen molar-refractivity contribution in [2.45, 2.75) is 31.1 Å². The molecule has 2 fully saturated rings. The lowest BCUT2D eigenvalue weighted by Crippen LogP contribution is -2.38. The van der Waals surface area contributed by atoms with E-state index >= 15 is 0 Å². The van der Waals surface area contributed by atoms with Crippen LogP contribution in [-0.4, -0.2) is 73.6 Å². The maximum absolute atomic E-state index is 12.8. The Morgan fingerprint density at radius 1 is 1.14 bits per heavy atom. The van der Waals surface area contributed by atoms with E-state index in [1.807, 2.05) is 0 Å². The van der Waals surface area contributed by atoms with Crippen LogP contribution in [0.15, 0.2) is 23.1 Å². The van der Waals surface area contributed by atoms with Crippen LogP contribution in [0.25, 0.3) is 0 Å². The summed E-state index contributed by atoms with van der Waals surface area (Å²) in [4.78, 5) is 38.3. The Bertz CT molecular complexity index is 909. The fourth-order valence-electron chi connectivity index (χ4n) is 3.31. The van der Waals surface area contributed by atoms with E-state index in [-0.39, 0.29) is 11.4 Å². The minimum absolute atomic E-state index is 0.0608. The Labute approximate surface area is 164 Å². The summed E-state index contributed by atoms with van der Waals surface area (Å²) in [5.74, 6) is -1.01. The molecule has 0 radical (unpaired) electrons. The van der Waals surface area contributed by atoms with Crippen molar-refractivity contribution in [3.05, 3.63) is 23.8 Å². The molecule has 1 aromatic rings. The number of urea groups is 1. The SMILES string of the molecule is Cc1ccc(S(=O)(=O)N2CCCCC2)cc1NC(=O)CN1C(=O)CN(C)C1=O. The molecule has 152 valence electrons. The van der Waals surface area contributed by atoms with Gasteiger partial charge in [-0.1, -0.05) is 12.5 Å². The van der Waals surface area contributed by atoms with E-state index in [0.29, 0.717) is 24.3 Å². The summed E-state index contributed by atoms with van der Waals surface area (Å²) in [6, 6.07) is 4.05. The Balaban J connectivity index is 1.75. The van der Waals surface area contributed by atoms with Gasteiger partial charge in [0, 0.05) is 25.8 Å². The summed E-state index contributed by atoms with van der Waals surface area (Å²) >= 11 is 0. The second-order valence-electron chi connectivity index (χ2n) is 7.11. The van der Waals surface area contributed by atoms with Gasteiger partial charge < -0.3 is 10.2 Å². The Morgan fingerprint density at radius 3 is 2.43 bits per heavy atom. The lowest BCUT2D eigenvalue weighted by Gasteiger charge is -2.26. The van der Waals surface area contributed by atoms with Gasteiger partial charge in [0.1, 0.15) is 13.1 Å². The molecule has 2 aliphatic rings. The number of rotatable bonds is 5. The van der Waals surface area contributed by atoms with Crippen molar-refractivity contribution in [1.29, 1.82) is 0 Å². The molecule has 0 atom stereocenters. The standard InChI is InChI=1S/C18H24N4O5S/c1-13-6-7-14(28(26,27)21-8-4-3-5-9-21)10-15(13)19-16(23)11-22-17(24)12-20(2)18(22)25/h6-7,10H,3-5,8-9,11-12H2,1-2H3,(H,19,23). The lowest BCUT2D eigenvalue weighted by molar-refractivity contribution is -0.129. The van der Waals surface area contributed by atoms with E-state index in [1.54, 1.807) is 13.0 Å². The number of hydrogen-bond acceptors (Lipinski definition) is 5. The minimum Gasteiger partial charge on any atom is -0.324 e. The average molecular weight is 408 g/mol. The van der Waals surface area contributed by atoms with Crippen molar-refractivity contribution in [3.63, 3.8) is 0 Å². The van der Waals surface area contributed by atoms with Gasteiger partial charge in [-0.15, -0.1) is 0 Å². The van der Waals surface area contributed by atoms with E-state index in [0.717, 1.165) is 24.2 Å². The molecule has 1 N–H and O–H groups in total. The third-order valence-electron chi connectivity index (χ3n) is 4.97. The predicted octanol–water partition coefficient (Wildman–Crippen LogP) is 1.00. The smallest absolute Gasteiger partial charge is 0.324 e.